The first-order valence-electron chi connectivity index (χ1n) is 14.1. The Morgan fingerprint density at radius 2 is 2.00 bits per heavy atom. The molecule has 11 nitrogen and oxygen atoms in total. The van der Waals surface area contributed by atoms with E-state index in [2.05, 4.69) is 20.0 Å². The van der Waals surface area contributed by atoms with Crippen molar-refractivity contribution in [3.8, 4) is 23.1 Å². The van der Waals surface area contributed by atoms with E-state index >= 15 is 0 Å². The van der Waals surface area contributed by atoms with Gasteiger partial charge in [0.05, 0.1) is 48.2 Å². The molecule has 0 saturated carbocycles. The maximum Gasteiger partial charge on any atom is 0.219 e. The second-order valence-corrected chi connectivity index (χ2v) is 11.2. The van der Waals surface area contributed by atoms with Crippen molar-refractivity contribution in [2.45, 2.75) is 6.92 Å². The van der Waals surface area contributed by atoms with Crippen molar-refractivity contribution in [2.75, 3.05) is 55.7 Å². The average molecular weight is 618 g/mol. The van der Waals surface area contributed by atoms with Crippen molar-refractivity contribution in [2.24, 2.45) is 0 Å². The summed E-state index contributed by atoms with van der Waals surface area (Å²) in [5.74, 6) is -0.310. The van der Waals surface area contributed by atoms with E-state index in [1.807, 2.05) is 23.6 Å². The number of rotatable bonds is 10. The number of nitrogen functional groups attached to an aromatic ring is 1. The lowest BCUT2D eigenvalue weighted by molar-refractivity contribution is 0.0395. The van der Waals surface area contributed by atoms with E-state index in [1.54, 1.807) is 30.3 Å². The summed E-state index contributed by atoms with van der Waals surface area (Å²) in [6.07, 6.45) is 4.89. The molecule has 4 heterocycles. The van der Waals surface area contributed by atoms with Gasteiger partial charge in [-0.2, -0.15) is 5.10 Å². The number of pyridine rings is 1. The number of fused-ring (bicyclic) bond motifs is 1. The molecule has 1 aliphatic rings. The predicted octanol–water partition coefficient (Wildman–Crippen LogP) is 4.92. The molecule has 1 aliphatic heterocycles. The number of aryl methyl sites for hydroxylation is 1. The third kappa shape index (κ3) is 5.94. The first-order chi connectivity index (χ1) is 21.3. The second kappa shape index (κ2) is 12.6. The van der Waals surface area contributed by atoms with Crippen LogP contribution in [0.25, 0.3) is 16.6 Å². The molecule has 13 heteroatoms. The van der Waals surface area contributed by atoms with Crippen LogP contribution >= 0.6 is 11.9 Å². The van der Waals surface area contributed by atoms with Crippen LogP contribution in [0.2, 0.25) is 0 Å². The van der Waals surface area contributed by atoms with E-state index in [4.69, 9.17) is 15.2 Å². The molecular formula is C31H32FN7O4S. The largest absolute Gasteiger partial charge is 0.506 e. The zero-order chi connectivity index (χ0) is 30.8. The van der Waals surface area contributed by atoms with Gasteiger partial charge in [0.15, 0.2) is 11.6 Å². The monoisotopic (exact) mass is 617 g/mol. The molecule has 0 aliphatic carbocycles. The lowest BCUT2D eigenvalue weighted by atomic mass is 10.1. The first-order valence-corrected chi connectivity index (χ1v) is 15.3. The Morgan fingerprint density at radius 1 is 1.20 bits per heavy atom. The highest BCUT2D eigenvalue weighted by Crippen LogP contribution is 2.36. The van der Waals surface area contributed by atoms with Crippen LogP contribution in [0.15, 0.2) is 60.9 Å². The van der Waals surface area contributed by atoms with Crippen LogP contribution < -0.4 is 14.8 Å². The summed E-state index contributed by atoms with van der Waals surface area (Å²) >= 11 is 1.53. The number of benzene rings is 2. The highest BCUT2D eigenvalue weighted by atomic mass is 32.2. The van der Waals surface area contributed by atoms with Gasteiger partial charge in [-0.1, -0.05) is 24.1 Å². The number of hydrogen-bond acceptors (Lipinski definition) is 10. The molecule has 0 amide bonds. The van der Waals surface area contributed by atoms with Crippen molar-refractivity contribution < 1.29 is 23.8 Å². The number of ether oxygens (including phenoxy) is 2. The standard InChI is InChI=1S/C31H32FN7O4S/c1-19-13-29(43-28-6-4-3-5-22(28)32)34-18-26(19)39-31(33)21(17-35-39)30(41)24-14-20-15-25(27(40)16-23(20)36-24)38(44-2)8-7-37-9-11-42-12-10-37/h3-6,13-18,36,40H,7-12,33H2,1-2H3. The Balaban J connectivity index is 1.21. The predicted molar refractivity (Wildman–Crippen MR) is 168 cm³/mol. The van der Waals surface area contributed by atoms with Crippen molar-refractivity contribution in [3.63, 3.8) is 0 Å². The zero-order valence-electron chi connectivity index (χ0n) is 24.3. The number of hydrogen-bond donors (Lipinski definition) is 3. The van der Waals surface area contributed by atoms with Gasteiger partial charge in [-0.25, -0.2) is 14.1 Å². The summed E-state index contributed by atoms with van der Waals surface area (Å²) in [5, 5.41) is 16.0. The van der Waals surface area contributed by atoms with Crippen molar-refractivity contribution in [1.82, 2.24) is 24.6 Å². The lowest BCUT2D eigenvalue weighted by Gasteiger charge is -2.30. The Kier molecular flexibility index (Phi) is 8.42. The molecule has 0 radical (unpaired) electrons. The van der Waals surface area contributed by atoms with E-state index < -0.39 is 5.82 Å². The maximum atomic E-state index is 14.0. The van der Waals surface area contributed by atoms with Crippen molar-refractivity contribution in [3.05, 3.63) is 83.6 Å². The van der Waals surface area contributed by atoms with E-state index in [0.717, 1.165) is 44.8 Å². The minimum absolute atomic E-state index is 0.0616. The number of anilines is 2. The van der Waals surface area contributed by atoms with Crippen LogP contribution in [-0.2, 0) is 4.74 Å². The van der Waals surface area contributed by atoms with Crippen molar-refractivity contribution in [1.29, 1.82) is 0 Å². The fourth-order valence-electron chi connectivity index (χ4n) is 5.16. The van der Waals surface area contributed by atoms with Crippen LogP contribution in [0.4, 0.5) is 15.9 Å². The number of carbonyl (C=O) groups excluding carboxylic acids is 1. The molecule has 44 heavy (non-hydrogen) atoms. The summed E-state index contributed by atoms with van der Waals surface area (Å²) in [6.45, 7) is 6.62. The normalized spacial score (nSPS) is 13.8. The number of morpholine rings is 1. The molecule has 6 rings (SSSR count). The van der Waals surface area contributed by atoms with Gasteiger partial charge < -0.3 is 29.6 Å². The molecule has 228 valence electrons. The fraction of sp³-hybridized carbons (Fsp3) is 0.258. The molecule has 3 aromatic heterocycles. The van der Waals surface area contributed by atoms with Gasteiger partial charge in [0.25, 0.3) is 0 Å². The van der Waals surface area contributed by atoms with Crippen LogP contribution in [0, 0.1) is 12.7 Å². The quantitative estimate of drug-likeness (QED) is 0.146. The maximum absolute atomic E-state index is 14.0. The second-order valence-electron chi connectivity index (χ2n) is 10.4. The molecule has 5 aromatic rings. The van der Waals surface area contributed by atoms with Crippen molar-refractivity contribution >= 4 is 40.1 Å². The van der Waals surface area contributed by atoms with Crippen LogP contribution in [0.1, 0.15) is 21.6 Å². The van der Waals surface area contributed by atoms with Crippen LogP contribution in [0.5, 0.6) is 17.4 Å². The smallest absolute Gasteiger partial charge is 0.219 e. The van der Waals surface area contributed by atoms with Gasteiger partial charge in [0.2, 0.25) is 11.7 Å². The SMILES string of the molecule is CSN(CCN1CCOCC1)c1cc2cc(C(=O)c3cnn(-c4cnc(Oc5ccccc5F)cc4C)c3N)[nH]c2cc1O. The summed E-state index contributed by atoms with van der Waals surface area (Å²) in [6, 6.07) is 13.0. The zero-order valence-corrected chi connectivity index (χ0v) is 25.1. The number of nitrogens with two attached hydrogens (primary N) is 1. The van der Waals surface area contributed by atoms with Gasteiger partial charge in [-0.15, -0.1) is 0 Å². The van der Waals surface area contributed by atoms with E-state index in [0.29, 0.717) is 28.1 Å². The molecule has 2 aromatic carbocycles. The lowest BCUT2D eigenvalue weighted by Crippen LogP contribution is -2.40. The van der Waals surface area contributed by atoms with E-state index in [1.165, 1.54) is 41.2 Å². The fourth-order valence-corrected chi connectivity index (χ4v) is 5.76. The Morgan fingerprint density at radius 3 is 2.75 bits per heavy atom. The number of phenolic OH excluding ortho intramolecular Hbond substituents is 1. The summed E-state index contributed by atoms with van der Waals surface area (Å²) in [7, 11) is 0. The number of aromatic nitrogens is 4. The highest BCUT2D eigenvalue weighted by molar-refractivity contribution is 8.00. The number of carbonyl (C=O) groups is 1. The number of para-hydroxylation sites is 1. The number of aromatic amines is 1. The van der Waals surface area contributed by atoms with Gasteiger partial charge in [0.1, 0.15) is 11.6 Å². The summed E-state index contributed by atoms with van der Waals surface area (Å²) in [4.78, 5) is 23.3. The number of H-pyrrole nitrogens is 1. The van der Waals surface area contributed by atoms with Gasteiger partial charge in [0, 0.05) is 55.5 Å². The van der Waals surface area contributed by atoms with Gasteiger partial charge in [-0.05, 0) is 36.8 Å². The topological polar surface area (TPSA) is 135 Å². The average Bonchev–Trinajstić information content (AvgIpc) is 3.62. The summed E-state index contributed by atoms with van der Waals surface area (Å²) in [5.41, 5.74) is 9.50. The molecule has 0 spiro atoms. The highest BCUT2D eigenvalue weighted by Gasteiger charge is 2.22. The summed E-state index contributed by atoms with van der Waals surface area (Å²) < 4.78 is 28.5. The van der Waals surface area contributed by atoms with Gasteiger partial charge in [-0.3, -0.25) is 9.69 Å². The molecule has 4 N–H and O–H groups in total. The van der Waals surface area contributed by atoms with E-state index in [-0.39, 0.29) is 34.5 Å². The Bertz CT molecular complexity index is 1820. The van der Waals surface area contributed by atoms with Crippen LogP contribution in [-0.4, -0.2) is 81.2 Å². The number of halogens is 1. The minimum atomic E-state index is -0.496. The Hall–Kier alpha value is -4.59. The Labute approximate surface area is 257 Å². The minimum Gasteiger partial charge on any atom is -0.506 e. The number of nitrogens with zero attached hydrogens (tertiary/aromatic N) is 5. The molecule has 0 atom stereocenters. The third-order valence-corrected chi connectivity index (χ3v) is 8.38. The molecule has 1 fully saturated rings. The van der Waals surface area contributed by atoms with Crippen LogP contribution in [0.3, 0.4) is 0 Å². The molecular weight excluding hydrogens is 585 g/mol. The molecule has 0 bridgehead atoms. The van der Waals surface area contributed by atoms with Gasteiger partial charge >= 0.3 is 0 Å². The first kappa shape index (κ1) is 29.5. The molecule has 0 unspecified atom stereocenters. The van der Waals surface area contributed by atoms with E-state index in [9.17, 15) is 14.3 Å². The number of nitrogens with one attached hydrogen (secondary N) is 1. The number of phenols is 1. The third-order valence-electron chi connectivity index (χ3n) is 7.56. The molecule has 1 saturated heterocycles. The number of ketones is 1. The number of aromatic hydroxyl groups is 1.